The SMILES string of the molecule is CC1CCCCC1=C(c1ccccc1)c1ccccc1. The summed E-state index contributed by atoms with van der Waals surface area (Å²) in [7, 11) is 0. The molecule has 0 heterocycles. The molecule has 102 valence electrons. The third kappa shape index (κ3) is 2.70. The third-order valence-electron chi connectivity index (χ3n) is 4.37. The van der Waals surface area contributed by atoms with E-state index < -0.39 is 0 Å². The summed E-state index contributed by atoms with van der Waals surface area (Å²) < 4.78 is 0. The minimum atomic E-state index is 0.708. The first kappa shape index (κ1) is 13.2. The molecule has 2 aromatic carbocycles. The molecular formula is C20H22. The van der Waals surface area contributed by atoms with E-state index in [1.807, 2.05) is 0 Å². The van der Waals surface area contributed by atoms with Crippen molar-refractivity contribution in [3.8, 4) is 0 Å². The van der Waals surface area contributed by atoms with Crippen molar-refractivity contribution >= 4 is 5.57 Å². The highest BCUT2D eigenvalue weighted by Crippen LogP contribution is 2.38. The van der Waals surface area contributed by atoms with Crippen molar-refractivity contribution in [1.29, 1.82) is 0 Å². The van der Waals surface area contributed by atoms with Gasteiger partial charge in [-0.15, -0.1) is 0 Å². The zero-order chi connectivity index (χ0) is 13.8. The summed E-state index contributed by atoms with van der Waals surface area (Å²) in [6.45, 7) is 2.39. The largest absolute Gasteiger partial charge is 0.0622 e. The van der Waals surface area contributed by atoms with Crippen LogP contribution < -0.4 is 0 Å². The van der Waals surface area contributed by atoms with E-state index in [0.717, 1.165) is 0 Å². The normalized spacial score (nSPS) is 18.9. The fourth-order valence-electron chi connectivity index (χ4n) is 3.31. The molecule has 1 saturated carbocycles. The summed E-state index contributed by atoms with van der Waals surface area (Å²) in [5, 5.41) is 0. The van der Waals surface area contributed by atoms with E-state index in [9.17, 15) is 0 Å². The second-order valence-electron chi connectivity index (χ2n) is 5.78. The molecule has 0 heteroatoms. The Kier molecular flexibility index (Phi) is 4.01. The number of allylic oxidation sites excluding steroid dienone is 1. The minimum absolute atomic E-state index is 0.708. The van der Waals surface area contributed by atoms with Crippen molar-refractivity contribution in [2.45, 2.75) is 32.6 Å². The number of hydrogen-bond acceptors (Lipinski definition) is 0. The highest BCUT2D eigenvalue weighted by atomic mass is 14.2. The fourth-order valence-corrected chi connectivity index (χ4v) is 3.31. The monoisotopic (exact) mass is 262 g/mol. The highest BCUT2D eigenvalue weighted by molar-refractivity contribution is 5.82. The van der Waals surface area contributed by atoms with Gasteiger partial charge in [-0.2, -0.15) is 0 Å². The molecule has 0 amide bonds. The molecule has 1 aliphatic rings. The van der Waals surface area contributed by atoms with Crippen LogP contribution in [0.3, 0.4) is 0 Å². The Morgan fingerprint density at radius 3 is 1.85 bits per heavy atom. The van der Waals surface area contributed by atoms with E-state index in [2.05, 4.69) is 67.6 Å². The Labute approximate surface area is 122 Å². The van der Waals surface area contributed by atoms with Crippen LogP contribution in [0.5, 0.6) is 0 Å². The van der Waals surface area contributed by atoms with Gasteiger partial charge in [0.25, 0.3) is 0 Å². The molecule has 2 aromatic rings. The summed E-state index contributed by atoms with van der Waals surface area (Å²) in [6.07, 6.45) is 5.29. The maximum absolute atomic E-state index is 2.39. The zero-order valence-electron chi connectivity index (χ0n) is 12.2. The van der Waals surface area contributed by atoms with Crippen molar-refractivity contribution in [1.82, 2.24) is 0 Å². The lowest BCUT2D eigenvalue weighted by atomic mass is 9.79. The molecule has 0 bridgehead atoms. The molecular weight excluding hydrogens is 240 g/mol. The van der Waals surface area contributed by atoms with Crippen LogP contribution in [0.25, 0.3) is 5.57 Å². The molecule has 0 radical (unpaired) electrons. The second-order valence-corrected chi connectivity index (χ2v) is 5.78. The zero-order valence-corrected chi connectivity index (χ0v) is 12.2. The minimum Gasteiger partial charge on any atom is -0.0622 e. The van der Waals surface area contributed by atoms with Crippen molar-refractivity contribution in [2.24, 2.45) is 5.92 Å². The van der Waals surface area contributed by atoms with Crippen molar-refractivity contribution < 1.29 is 0 Å². The molecule has 0 aliphatic heterocycles. The van der Waals surface area contributed by atoms with Crippen molar-refractivity contribution in [3.05, 3.63) is 77.4 Å². The lowest BCUT2D eigenvalue weighted by Gasteiger charge is -2.26. The Morgan fingerprint density at radius 2 is 1.35 bits per heavy atom. The average molecular weight is 262 g/mol. The summed E-state index contributed by atoms with van der Waals surface area (Å²) in [5.74, 6) is 0.708. The molecule has 0 spiro atoms. The van der Waals surface area contributed by atoms with Gasteiger partial charge in [0.2, 0.25) is 0 Å². The Balaban J connectivity index is 2.16. The highest BCUT2D eigenvalue weighted by Gasteiger charge is 2.20. The van der Waals surface area contributed by atoms with Gasteiger partial charge in [-0.1, -0.05) is 79.6 Å². The smallest absolute Gasteiger partial charge is 0.0117 e. The van der Waals surface area contributed by atoms with Crippen molar-refractivity contribution in [2.75, 3.05) is 0 Å². The summed E-state index contributed by atoms with van der Waals surface area (Å²) in [4.78, 5) is 0. The first-order valence-corrected chi connectivity index (χ1v) is 7.70. The summed E-state index contributed by atoms with van der Waals surface area (Å²) in [6, 6.07) is 21.8. The van der Waals surface area contributed by atoms with Gasteiger partial charge in [-0.05, 0) is 41.9 Å². The van der Waals surface area contributed by atoms with Gasteiger partial charge in [-0.25, -0.2) is 0 Å². The first-order valence-electron chi connectivity index (χ1n) is 7.70. The van der Waals surface area contributed by atoms with Gasteiger partial charge in [0.05, 0.1) is 0 Å². The summed E-state index contributed by atoms with van der Waals surface area (Å²) >= 11 is 0. The van der Waals surface area contributed by atoms with E-state index in [0.29, 0.717) is 5.92 Å². The molecule has 0 saturated heterocycles. The molecule has 1 unspecified atom stereocenters. The molecule has 1 fully saturated rings. The van der Waals surface area contributed by atoms with E-state index in [4.69, 9.17) is 0 Å². The molecule has 0 aromatic heterocycles. The van der Waals surface area contributed by atoms with Gasteiger partial charge in [0, 0.05) is 0 Å². The molecule has 0 N–H and O–H groups in total. The lowest BCUT2D eigenvalue weighted by Crippen LogP contribution is -2.09. The van der Waals surface area contributed by atoms with E-state index >= 15 is 0 Å². The molecule has 3 rings (SSSR count). The van der Waals surface area contributed by atoms with Gasteiger partial charge in [0.15, 0.2) is 0 Å². The van der Waals surface area contributed by atoms with Crippen LogP contribution >= 0.6 is 0 Å². The van der Waals surface area contributed by atoms with E-state index in [1.54, 1.807) is 5.57 Å². The van der Waals surface area contributed by atoms with Gasteiger partial charge < -0.3 is 0 Å². The topological polar surface area (TPSA) is 0 Å². The second kappa shape index (κ2) is 6.09. The van der Waals surface area contributed by atoms with Crippen LogP contribution in [-0.2, 0) is 0 Å². The fraction of sp³-hybridized carbons (Fsp3) is 0.300. The molecule has 0 nitrogen and oxygen atoms in total. The van der Waals surface area contributed by atoms with Crippen LogP contribution in [0.15, 0.2) is 66.2 Å². The van der Waals surface area contributed by atoms with Crippen LogP contribution in [-0.4, -0.2) is 0 Å². The molecule has 1 atom stereocenters. The first-order chi connectivity index (χ1) is 9.86. The van der Waals surface area contributed by atoms with Gasteiger partial charge in [0.1, 0.15) is 0 Å². The standard InChI is InChI=1S/C20H22/c1-16-10-8-9-15-19(16)20(17-11-4-2-5-12-17)18-13-6-3-7-14-18/h2-7,11-14,16H,8-10,15H2,1H3. The summed E-state index contributed by atoms with van der Waals surface area (Å²) in [5.41, 5.74) is 5.84. The average Bonchev–Trinajstić information content (AvgIpc) is 2.52. The van der Waals surface area contributed by atoms with Crippen LogP contribution in [0.2, 0.25) is 0 Å². The molecule has 20 heavy (non-hydrogen) atoms. The quantitative estimate of drug-likeness (QED) is 0.651. The maximum atomic E-state index is 2.39. The number of benzene rings is 2. The maximum Gasteiger partial charge on any atom is -0.0117 e. The predicted molar refractivity (Wildman–Crippen MR) is 86.5 cm³/mol. The van der Waals surface area contributed by atoms with Crippen LogP contribution in [0, 0.1) is 5.92 Å². The van der Waals surface area contributed by atoms with Crippen LogP contribution in [0.4, 0.5) is 0 Å². The Morgan fingerprint density at radius 1 is 0.800 bits per heavy atom. The van der Waals surface area contributed by atoms with E-state index in [1.165, 1.54) is 42.4 Å². The van der Waals surface area contributed by atoms with Gasteiger partial charge in [-0.3, -0.25) is 0 Å². The number of rotatable bonds is 2. The van der Waals surface area contributed by atoms with Crippen LogP contribution in [0.1, 0.15) is 43.7 Å². The number of hydrogen-bond donors (Lipinski definition) is 0. The Bertz CT molecular complexity index is 536. The predicted octanol–water partition coefficient (Wildman–Crippen LogP) is 5.70. The third-order valence-corrected chi connectivity index (χ3v) is 4.37. The van der Waals surface area contributed by atoms with Crippen molar-refractivity contribution in [3.63, 3.8) is 0 Å². The van der Waals surface area contributed by atoms with Gasteiger partial charge >= 0.3 is 0 Å². The molecule has 1 aliphatic carbocycles. The van der Waals surface area contributed by atoms with E-state index in [-0.39, 0.29) is 0 Å². The Hall–Kier alpha value is -1.82. The lowest BCUT2D eigenvalue weighted by molar-refractivity contribution is 0.486.